The van der Waals surface area contributed by atoms with Gasteiger partial charge in [-0.15, -0.1) is 0 Å². The molecule has 0 aromatic carbocycles. The molecule has 0 spiro atoms. The zero-order valence-corrected chi connectivity index (χ0v) is 14.8. The van der Waals surface area contributed by atoms with Crippen molar-refractivity contribution in [1.82, 2.24) is 0 Å². The largest absolute Gasteiger partial charge is 0.396 e. The van der Waals surface area contributed by atoms with Gasteiger partial charge in [0.15, 0.2) is 0 Å². The Morgan fingerprint density at radius 2 is 2.00 bits per heavy atom. The lowest BCUT2D eigenvalue weighted by atomic mass is 9.62. The highest BCUT2D eigenvalue weighted by atomic mass is 16.3. The maximum absolute atomic E-state index is 10.4. The van der Waals surface area contributed by atoms with E-state index >= 15 is 0 Å². The van der Waals surface area contributed by atoms with Crippen LogP contribution in [0, 0.1) is 11.3 Å². The SMILES string of the molecule is CCCC/C(C)=C1\C[C@H](C(C)(C)O)CC[C@]1(C)CCCO. The predicted octanol–water partition coefficient (Wildman–Crippen LogP) is 4.84. The van der Waals surface area contributed by atoms with E-state index in [0.717, 1.165) is 32.1 Å². The number of allylic oxidation sites excluding steroid dienone is 2. The zero-order chi connectivity index (χ0) is 16.1. The Bertz CT molecular complexity index is 351. The number of unbranched alkanes of at least 4 members (excludes halogenated alkanes) is 1. The van der Waals surface area contributed by atoms with Crippen LogP contribution in [0.2, 0.25) is 0 Å². The first-order valence-electron chi connectivity index (χ1n) is 8.77. The predicted molar refractivity (Wildman–Crippen MR) is 90.3 cm³/mol. The van der Waals surface area contributed by atoms with Crippen LogP contribution in [0.4, 0.5) is 0 Å². The van der Waals surface area contributed by atoms with Crippen LogP contribution in [0.5, 0.6) is 0 Å². The molecule has 2 nitrogen and oxygen atoms in total. The Balaban J connectivity index is 2.99. The van der Waals surface area contributed by atoms with E-state index in [4.69, 9.17) is 0 Å². The Hall–Kier alpha value is -0.340. The number of rotatable bonds is 7. The molecule has 0 aromatic heterocycles. The van der Waals surface area contributed by atoms with Crippen molar-refractivity contribution in [2.24, 2.45) is 11.3 Å². The maximum Gasteiger partial charge on any atom is 0.0622 e. The first-order valence-corrected chi connectivity index (χ1v) is 8.77. The van der Waals surface area contributed by atoms with Crippen LogP contribution >= 0.6 is 0 Å². The smallest absolute Gasteiger partial charge is 0.0622 e. The summed E-state index contributed by atoms with van der Waals surface area (Å²) in [5, 5.41) is 19.6. The second kappa shape index (κ2) is 7.78. The highest BCUT2D eigenvalue weighted by Crippen LogP contribution is 2.50. The molecule has 0 radical (unpaired) electrons. The molecular formula is C19H36O2. The van der Waals surface area contributed by atoms with Crippen molar-refractivity contribution in [2.75, 3.05) is 6.61 Å². The van der Waals surface area contributed by atoms with Crippen LogP contribution < -0.4 is 0 Å². The third-order valence-corrected chi connectivity index (χ3v) is 5.53. The van der Waals surface area contributed by atoms with Crippen molar-refractivity contribution in [2.45, 2.75) is 91.6 Å². The quantitative estimate of drug-likeness (QED) is 0.660. The molecule has 0 bridgehead atoms. The maximum atomic E-state index is 10.4. The molecule has 1 aliphatic carbocycles. The summed E-state index contributed by atoms with van der Waals surface area (Å²) in [5.41, 5.74) is 2.74. The average molecular weight is 296 g/mol. The van der Waals surface area contributed by atoms with Crippen LogP contribution in [0.25, 0.3) is 0 Å². The van der Waals surface area contributed by atoms with Gasteiger partial charge in [-0.05, 0) is 77.0 Å². The fourth-order valence-electron chi connectivity index (χ4n) is 3.87. The fourth-order valence-corrected chi connectivity index (χ4v) is 3.87. The lowest BCUT2D eigenvalue weighted by molar-refractivity contribution is -0.00401. The third kappa shape index (κ3) is 5.10. The number of hydrogen-bond acceptors (Lipinski definition) is 2. The van der Waals surface area contributed by atoms with Gasteiger partial charge in [0.2, 0.25) is 0 Å². The van der Waals surface area contributed by atoms with E-state index < -0.39 is 5.60 Å². The lowest BCUT2D eigenvalue weighted by Crippen LogP contribution is -2.38. The van der Waals surface area contributed by atoms with Gasteiger partial charge in [-0.25, -0.2) is 0 Å². The summed E-state index contributed by atoms with van der Waals surface area (Å²) in [5.74, 6) is 0.367. The first-order chi connectivity index (χ1) is 9.74. The number of hydrogen-bond donors (Lipinski definition) is 2. The van der Waals surface area contributed by atoms with Crippen molar-refractivity contribution in [3.05, 3.63) is 11.1 Å². The van der Waals surface area contributed by atoms with E-state index in [2.05, 4.69) is 20.8 Å². The highest BCUT2D eigenvalue weighted by molar-refractivity contribution is 5.24. The molecule has 0 heterocycles. The molecular weight excluding hydrogens is 260 g/mol. The molecule has 0 amide bonds. The van der Waals surface area contributed by atoms with Gasteiger partial charge in [0.1, 0.15) is 0 Å². The summed E-state index contributed by atoms with van der Waals surface area (Å²) in [6, 6.07) is 0. The van der Waals surface area contributed by atoms with Crippen molar-refractivity contribution in [3.63, 3.8) is 0 Å². The average Bonchev–Trinajstić information content (AvgIpc) is 2.41. The molecule has 1 saturated carbocycles. The van der Waals surface area contributed by atoms with E-state index in [1.54, 1.807) is 5.57 Å². The molecule has 0 aromatic rings. The molecule has 0 saturated heterocycles. The molecule has 124 valence electrons. The molecule has 0 unspecified atom stereocenters. The third-order valence-electron chi connectivity index (χ3n) is 5.53. The van der Waals surface area contributed by atoms with Crippen LogP contribution in [0.1, 0.15) is 86.0 Å². The normalized spacial score (nSPS) is 29.6. The van der Waals surface area contributed by atoms with E-state index in [0.29, 0.717) is 5.92 Å². The van der Waals surface area contributed by atoms with E-state index in [1.165, 1.54) is 24.8 Å². The van der Waals surface area contributed by atoms with Crippen LogP contribution in [-0.2, 0) is 0 Å². The van der Waals surface area contributed by atoms with Crippen molar-refractivity contribution >= 4 is 0 Å². The van der Waals surface area contributed by atoms with E-state index in [9.17, 15) is 10.2 Å². The molecule has 2 N–H and O–H groups in total. The van der Waals surface area contributed by atoms with Gasteiger partial charge in [0.05, 0.1) is 5.60 Å². The van der Waals surface area contributed by atoms with Gasteiger partial charge in [0.25, 0.3) is 0 Å². The van der Waals surface area contributed by atoms with Gasteiger partial charge in [0, 0.05) is 6.61 Å². The summed E-state index contributed by atoms with van der Waals surface area (Å²) in [6.07, 6.45) is 8.87. The monoisotopic (exact) mass is 296 g/mol. The number of aliphatic hydroxyl groups is 2. The minimum absolute atomic E-state index is 0.225. The second-order valence-corrected chi connectivity index (χ2v) is 7.84. The Kier molecular flexibility index (Phi) is 6.93. The van der Waals surface area contributed by atoms with Crippen molar-refractivity contribution < 1.29 is 10.2 Å². The van der Waals surface area contributed by atoms with E-state index in [1.807, 2.05) is 13.8 Å². The highest BCUT2D eigenvalue weighted by Gasteiger charge is 2.40. The molecule has 1 fully saturated rings. The summed E-state index contributed by atoms with van der Waals surface area (Å²) < 4.78 is 0. The summed E-state index contributed by atoms with van der Waals surface area (Å²) >= 11 is 0. The molecule has 21 heavy (non-hydrogen) atoms. The Labute approximate surface area is 131 Å². The van der Waals surface area contributed by atoms with Gasteiger partial charge >= 0.3 is 0 Å². The molecule has 1 rings (SSSR count). The van der Waals surface area contributed by atoms with Crippen molar-refractivity contribution in [1.29, 1.82) is 0 Å². The first kappa shape index (κ1) is 18.7. The van der Waals surface area contributed by atoms with Gasteiger partial charge < -0.3 is 10.2 Å². The number of aliphatic hydroxyl groups excluding tert-OH is 1. The molecule has 2 heteroatoms. The second-order valence-electron chi connectivity index (χ2n) is 7.84. The van der Waals surface area contributed by atoms with Crippen LogP contribution in [-0.4, -0.2) is 22.4 Å². The van der Waals surface area contributed by atoms with Crippen molar-refractivity contribution in [3.8, 4) is 0 Å². The van der Waals surface area contributed by atoms with Gasteiger partial charge in [-0.2, -0.15) is 0 Å². The molecule has 1 aliphatic rings. The topological polar surface area (TPSA) is 40.5 Å². The van der Waals surface area contributed by atoms with Gasteiger partial charge in [-0.3, -0.25) is 0 Å². The Morgan fingerprint density at radius 1 is 1.33 bits per heavy atom. The fraction of sp³-hybridized carbons (Fsp3) is 0.895. The zero-order valence-electron chi connectivity index (χ0n) is 14.8. The Morgan fingerprint density at radius 3 is 2.52 bits per heavy atom. The minimum Gasteiger partial charge on any atom is -0.396 e. The van der Waals surface area contributed by atoms with Crippen LogP contribution in [0.3, 0.4) is 0 Å². The van der Waals surface area contributed by atoms with E-state index in [-0.39, 0.29) is 12.0 Å². The lowest BCUT2D eigenvalue weighted by Gasteiger charge is -2.45. The molecule has 2 atom stereocenters. The summed E-state index contributed by atoms with van der Waals surface area (Å²) in [4.78, 5) is 0. The summed E-state index contributed by atoms with van der Waals surface area (Å²) in [6.45, 7) is 11.1. The van der Waals surface area contributed by atoms with Gasteiger partial charge in [-0.1, -0.05) is 31.4 Å². The molecule has 0 aliphatic heterocycles. The summed E-state index contributed by atoms with van der Waals surface area (Å²) in [7, 11) is 0. The standard InChI is InChI=1S/C19H36O2/c1-6-7-9-15(2)17-14-16(18(3,4)21)10-12-19(17,5)11-8-13-20/h16,20-21H,6-14H2,1-5H3/b17-15+/t16-,19+/m1/s1. The minimum atomic E-state index is -0.589. The van der Waals surface area contributed by atoms with Crippen LogP contribution in [0.15, 0.2) is 11.1 Å².